The number of hydrogen-bond acceptors (Lipinski definition) is 4. The minimum absolute atomic E-state index is 0.119. The number of terminal acetylenes is 1. The van der Waals surface area contributed by atoms with Crippen LogP contribution < -0.4 is 9.47 Å². The Bertz CT molecular complexity index is 525. The van der Waals surface area contributed by atoms with Gasteiger partial charge in [0.2, 0.25) is 6.79 Å². The third-order valence-corrected chi connectivity index (χ3v) is 3.50. The van der Waals surface area contributed by atoms with Gasteiger partial charge in [-0.05, 0) is 12.1 Å². The lowest BCUT2D eigenvalue weighted by Gasteiger charge is -2.01. The third kappa shape index (κ3) is 1.76. The lowest BCUT2D eigenvalue weighted by atomic mass is 10.3. The maximum absolute atomic E-state index is 11.6. The van der Waals surface area contributed by atoms with Crippen LogP contribution >= 0.6 is 0 Å². The highest BCUT2D eigenvalue weighted by Gasteiger charge is 2.19. The number of fused-ring (bicyclic) bond motifs is 1. The Balaban J connectivity index is 2.44. The maximum atomic E-state index is 11.6. The van der Waals surface area contributed by atoms with Crippen LogP contribution in [0.4, 0.5) is 0 Å². The Kier molecular flexibility index (Phi) is 2.29. The van der Waals surface area contributed by atoms with Gasteiger partial charge in [0.1, 0.15) is 5.75 Å². The molecule has 1 heterocycles. The van der Waals surface area contributed by atoms with E-state index in [4.69, 9.17) is 15.9 Å². The van der Waals surface area contributed by atoms with E-state index in [9.17, 15) is 8.42 Å². The van der Waals surface area contributed by atoms with Crippen molar-refractivity contribution in [1.82, 2.24) is 0 Å². The molecule has 0 radical (unpaired) electrons. The van der Waals surface area contributed by atoms with Crippen LogP contribution in [0.15, 0.2) is 23.1 Å². The lowest BCUT2D eigenvalue weighted by molar-refractivity contribution is 0.174. The van der Waals surface area contributed by atoms with Crippen molar-refractivity contribution in [2.45, 2.75) is 4.90 Å². The van der Waals surface area contributed by atoms with Crippen LogP contribution in [-0.2, 0) is 9.84 Å². The van der Waals surface area contributed by atoms with Crippen molar-refractivity contribution < 1.29 is 17.9 Å². The molecule has 0 atom stereocenters. The summed E-state index contributed by atoms with van der Waals surface area (Å²) in [5.41, 5.74) is 0. The highest BCUT2D eigenvalue weighted by atomic mass is 32.2. The van der Waals surface area contributed by atoms with Gasteiger partial charge in [0.25, 0.3) is 0 Å². The summed E-state index contributed by atoms with van der Waals surface area (Å²) in [7, 11) is -3.40. The van der Waals surface area contributed by atoms with Gasteiger partial charge >= 0.3 is 0 Å². The number of hydrogen-bond donors (Lipinski definition) is 0. The summed E-state index contributed by atoms with van der Waals surface area (Å²) >= 11 is 0. The molecule has 0 spiro atoms. The van der Waals surface area contributed by atoms with Gasteiger partial charge in [-0.25, -0.2) is 8.42 Å². The van der Waals surface area contributed by atoms with Gasteiger partial charge in [-0.3, -0.25) is 0 Å². The van der Waals surface area contributed by atoms with E-state index in [2.05, 4.69) is 5.92 Å². The molecule has 0 N–H and O–H groups in total. The molecule has 15 heavy (non-hydrogen) atoms. The summed E-state index contributed by atoms with van der Waals surface area (Å²) in [6, 6.07) is 4.45. The van der Waals surface area contributed by atoms with Crippen LogP contribution in [0.5, 0.6) is 11.5 Å². The van der Waals surface area contributed by atoms with Crippen LogP contribution in [0.3, 0.4) is 0 Å². The highest BCUT2D eigenvalue weighted by Crippen LogP contribution is 2.33. The first kappa shape index (κ1) is 9.87. The summed E-state index contributed by atoms with van der Waals surface area (Å²) < 4.78 is 33.3. The lowest BCUT2D eigenvalue weighted by Crippen LogP contribution is -2.04. The van der Waals surface area contributed by atoms with Crippen LogP contribution in [0.2, 0.25) is 0 Å². The van der Waals surface area contributed by atoms with E-state index in [-0.39, 0.29) is 17.4 Å². The largest absolute Gasteiger partial charge is 0.454 e. The van der Waals surface area contributed by atoms with Crippen molar-refractivity contribution >= 4 is 9.84 Å². The second-order valence-electron chi connectivity index (χ2n) is 2.98. The molecule has 0 unspecified atom stereocenters. The van der Waals surface area contributed by atoms with Gasteiger partial charge in [0, 0.05) is 6.07 Å². The molecule has 1 aliphatic rings. The molecule has 1 aromatic carbocycles. The Hall–Kier alpha value is -1.67. The third-order valence-electron chi connectivity index (χ3n) is 1.98. The number of benzene rings is 1. The fraction of sp³-hybridized carbons (Fsp3) is 0.200. The van der Waals surface area contributed by atoms with E-state index in [1.54, 1.807) is 6.07 Å². The molecule has 1 aliphatic heterocycles. The van der Waals surface area contributed by atoms with Crippen LogP contribution in [0, 0.1) is 12.3 Å². The Morgan fingerprint density at radius 1 is 1.33 bits per heavy atom. The molecule has 78 valence electrons. The molecule has 0 bridgehead atoms. The van der Waals surface area contributed by atoms with Crippen molar-refractivity contribution in [3.63, 3.8) is 0 Å². The predicted molar refractivity (Wildman–Crippen MR) is 53.5 cm³/mol. The van der Waals surface area contributed by atoms with E-state index in [1.807, 2.05) is 0 Å². The van der Waals surface area contributed by atoms with Gasteiger partial charge in [0.15, 0.2) is 21.3 Å². The van der Waals surface area contributed by atoms with Crippen molar-refractivity contribution in [3.8, 4) is 23.8 Å². The van der Waals surface area contributed by atoms with E-state index in [0.29, 0.717) is 11.5 Å². The fourth-order valence-corrected chi connectivity index (χ4v) is 2.21. The normalized spacial score (nSPS) is 13.5. The predicted octanol–water partition coefficient (Wildman–Crippen LogP) is 0.822. The summed E-state index contributed by atoms with van der Waals surface area (Å²) in [5.74, 6) is 2.79. The highest BCUT2D eigenvalue weighted by molar-refractivity contribution is 7.91. The molecule has 0 saturated heterocycles. The van der Waals surface area contributed by atoms with Crippen LogP contribution in [0.1, 0.15) is 0 Å². The van der Waals surface area contributed by atoms with Gasteiger partial charge in [-0.15, -0.1) is 6.42 Å². The van der Waals surface area contributed by atoms with Gasteiger partial charge in [-0.1, -0.05) is 5.92 Å². The Morgan fingerprint density at radius 3 is 2.80 bits per heavy atom. The zero-order valence-corrected chi connectivity index (χ0v) is 8.58. The molecule has 0 fully saturated rings. The summed E-state index contributed by atoms with van der Waals surface area (Å²) in [6.07, 6.45) is 4.98. The van der Waals surface area contributed by atoms with Crippen LogP contribution in [0.25, 0.3) is 0 Å². The zero-order chi connectivity index (χ0) is 10.9. The topological polar surface area (TPSA) is 52.6 Å². The van der Waals surface area contributed by atoms with Gasteiger partial charge in [0.05, 0.1) is 4.90 Å². The number of rotatable bonds is 2. The van der Waals surface area contributed by atoms with Gasteiger partial charge in [-0.2, -0.15) is 0 Å². The number of ether oxygens (including phenoxy) is 2. The quantitative estimate of drug-likeness (QED) is 0.698. The molecule has 4 nitrogen and oxygen atoms in total. The molecular weight excluding hydrogens is 216 g/mol. The molecule has 0 aromatic heterocycles. The molecule has 1 aromatic rings. The summed E-state index contributed by atoms with van der Waals surface area (Å²) in [5, 5.41) is 0. The molecule has 0 amide bonds. The first-order valence-electron chi connectivity index (χ1n) is 4.19. The fourth-order valence-electron chi connectivity index (χ4n) is 1.26. The first-order chi connectivity index (χ1) is 7.13. The average molecular weight is 224 g/mol. The molecule has 2 rings (SSSR count). The average Bonchev–Trinajstić information content (AvgIpc) is 2.63. The van der Waals surface area contributed by atoms with Crippen molar-refractivity contribution in [2.75, 3.05) is 12.5 Å². The van der Waals surface area contributed by atoms with E-state index in [1.165, 1.54) is 12.1 Å². The van der Waals surface area contributed by atoms with Crippen LogP contribution in [-0.4, -0.2) is 21.0 Å². The van der Waals surface area contributed by atoms with Gasteiger partial charge < -0.3 is 9.47 Å². The van der Waals surface area contributed by atoms with E-state index < -0.39 is 9.84 Å². The molecular formula is C10H8O4S. The second kappa shape index (κ2) is 3.48. The summed E-state index contributed by atoms with van der Waals surface area (Å²) in [6.45, 7) is 0.119. The molecule has 0 saturated carbocycles. The zero-order valence-electron chi connectivity index (χ0n) is 7.76. The second-order valence-corrected chi connectivity index (χ2v) is 4.97. The summed E-state index contributed by atoms with van der Waals surface area (Å²) in [4.78, 5) is 0.157. The first-order valence-corrected chi connectivity index (χ1v) is 5.84. The Morgan fingerprint density at radius 2 is 2.07 bits per heavy atom. The smallest absolute Gasteiger partial charge is 0.231 e. The maximum Gasteiger partial charge on any atom is 0.231 e. The minimum atomic E-state index is -3.40. The van der Waals surface area contributed by atoms with Crippen molar-refractivity contribution in [2.24, 2.45) is 0 Å². The van der Waals surface area contributed by atoms with Crippen molar-refractivity contribution in [1.29, 1.82) is 0 Å². The minimum Gasteiger partial charge on any atom is -0.454 e. The van der Waals surface area contributed by atoms with E-state index in [0.717, 1.165) is 0 Å². The number of sulfone groups is 1. The Labute approximate surface area is 87.7 Å². The monoisotopic (exact) mass is 224 g/mol. The SMILES string of the molecule is C#CCS(=O)(=O)c1ccc2c(c1)OCO2. The molecule has 0 aliphatic carbocycles. The van der Waals surface area contributed by atoms with E-state index >= 15 is 0 Å². The standard InChI is InChI=1S/C10H8O4S/c1-2-5-15(11,12)8-3-4-9-10(6-8)14-7-13-9/h1,3-4,6H,5,7H2. The van der Waals surface area contributed by atoms with Crippen molar-refractivity contribution in [3.05, 3.63) is 18.2 Å². The molecule has 5 heteroatoms.